The summed E-state index contributed by atoms with van der Waals surface area (Å²) in [5, 5.41) is 11.7. The highest BCUT2D eigenvalue weighted by atomic mass is 16.3. The van der Waals surface area contributed by atoms with Crippen LogP contribution in [0.15, 0.2) is 21.9 Å². The van der Waals surface area contributed by atoms with E-state index in [2.05, 4.69) is 5.32 Å². The second-order valence-electron chi connectivity index (χ2n) is 5.05. The molecule has 0 aliphatic heterocycles. The largest absolute Gasteiger partial charge is 0.396 e. The van der Waals surface area contributed by atoms with Crippen molar-refractivity contribution in [1.82, 2.24) is 14.5 Å². The summed E-state index contributed by atoms with van der Waals surface area (Å²) in [6.07, 6.45) is 1.77. The molecule has 0 aromatic carbocycles. The first kappa shape index (κ1) is 16.2. The molecule has 0 spiro atoms. The van der Waals surface area contributed by atoms with Crippen LogP contribution in [0, 0.1) is 5.92 Å². The Bertz CT molecular complexity index is 574. The van der Waals surface area contributed by atoms with Crippen molar-refractivity contribution in [1.29, 1.82) is 0 Å². The smallest absolute Gasteiger partial charge is 0.331 e. The van der Waals surface area contributed by atoms with E-state index in [-0.39, 0.29) is 31.0 Å². The first-order valence-corrected chi connectivity index (χ1v) is 6.53. The maximum atomic E-state index is 11.9. The minimum absolute atomic E-state index is 0.0110. The molecular formula is C13H21N3O4. The van der Waals surface area contributed by atoms with E-state index in [0.717, 1.165) is 4.57 Å². The number of rotatable bonds is 6. The molecular weight excluding hydrogens is 262 g/mol. The number of aliphatic hydroxyl groups is 1. The molecule has 0 radical (unpaired) electrons. The van der Waals surface area contributed by atoms with Crippen LogP contribution in [0.25, 0.3) is 0 Å². The molecule has 1 rings (SSSR count). The maximum absolute atomic E-state index is 11.9. The van der Waals surface area contributed by atoms with E-state index in [1.54, 1.807) is 0 Å². The van der Waals surface area contributed by atoms with Crippen molar-refractivity contribution < 1.29 is 9.90 Å². The maximum Gasteiger partial charge on any atom is 0.331 e. The second kappa shape index (κ2) is 7.04. The van der Waals surface area contributed by atoms with Crippen LogP contribution in [0.4, 0.5) is 0 Å². The number of hydrogen-bond acceptors (Lipinski definition) is 4. The van der Waals surface area contributed by atoms with Gasteiger partial charge in [0.15, 0.2) is 0 Å². The highest BCUT2D eigenvalue weighted by Gasteiger charge is 2.16. The number of carbonyl (C=O) groups is 1. The zero-order valence-electron chi connectivity index (χ0n) is 12.0. The molecule has 0 aliphatic rings. The lowest BCUT2D eigenvalue weighted by Crippen LogP contribution is -2.44. The summed E-state index contributed by atoms with van der Waals surface area (Å²) in [4.78, 5) is 34.9. The number of carbonyl (C=O) groups excluding carboxylic acids is 1. The number of nitrogens with one attached hydrogen (secondary N) is 1. The number of hydrogen-bond donors (Lipinski definition) is 2. The molecule has 1 aromatic rings. The van der Waals surface area contributed by atoms with E-state index in [0.29, 0.717) is 6.42 Å². The second-order valence-corrected chi connectivity index (χ2v) is 5.05. The van der Waals surface area contributed by atoms with E-state index in [1.807, 2.05) is 13.8 Å². The summed E-state index contributed by atoms with van der Waals surface area (Å²) in [6, 6.07) is 1.10. The zero-order valence-corrected chi connectivity index (χ0v) is 12.0. The van der Waals surface area contributed by atoms with Gasteiger partial charge >= 0.3 is 5.69 Å². The Hall–Kier alpha value is -1.89. The predicted octanol–water partition coefficient (Wildman–Crippen LogP) is -0.930. The molecule has 7 heteroatoms. The summed E-state index contributed by atoms with van der Waals surface area (Å²) >= 11 is 0. The van der Waals surface area contributed by atoms with Crippen LogP contribution in [0.2, 0.25) is 0 Å². The van der Waals surface area contributed by atoms with Gasteiger partial charge < -0.3 is 10.4 Å². The van der Waals surface area contributed by atoms with Gasteiger partial charge in [-0.3, -0.25) is 18.7 Å². The summed E-state index contributed by atoms with van der Waals surface area (Å²) in [6.45, 7) is 3.72. The molecule has 0 saturated carbocycles. The van der Waals surface area contributed by atoms with E-state index >= 15 is 0 Å². The first-order valence-electron chi connectivity index (χ1n) is 6.53. The SMILES string of the molecule is CC(C)C(CCO)NC(=O)Cn1ccc(=O)n(C)c1=O. The van der Waals surface area contributed by atoms with Crippen LogP contribution in [0.5, 0.6) is 0 Å². The Morgan fingerprint density at radius 2 is 2.05 bits per heavy atom. The summed E-state index contributed by atoms with van der Waals surface area (Å²) in [7, 11) is 1.36. The van der Waals surface area contributed by atoms with Crippen molar-refractivity contribution in [3.05, 3.63) is 33.1 Å². The topological polar surface area (TPSA) is 93.3 Å². The molecule has 112 valence electrons. The van der Waals surface area contributed by atoms with Crippen LogP contribution in [-0.4, -0.2) is 32.8 Å². The Morgan fingerprint density at radius 3 is 2.60 bits per heavy atom. The van der Waals surface area contributed by atoms with Crippen molar-refractivity contribution in [3.8, 4) is 0 Å². The van der Waals surface area contributed by atoms with E-state index in [1.165, 1.54) is 23.9 Å². The Balaban J connectivity index is 2.79. The Kier molecular flexibility index (Phi) is 5.69. The molecule has 20 heavy (non-hydrogen) atoms. The molecule has 7 nitrogen and oxygen atoms in total. The fourth-order valence-electron chi connectivity index (χ4n) is 1.85. The van der Waals surface area contributed by atoms with Crippen molar-refractivity contribution >= 4 is 5.91 Å². The number of aromatic nitrogens is 2. The van der Waals surface area contributed by atoms with Gasteiger partial charge in [-0.2, -0.15) is 0 Å². The average molecular weight is 283 g/mol. The zero-order chi connectivity index (χ0) is 15.3. The van der Waals surface area contributed by atoms with E-state index in [4.69, 9.17) is 5.11 Å². The molecule has 0 fully saturated rings. The number of nitrogens with zero attached hydrogens (tertiary/aromatic N) is 2. The molecule has 1 atom stereocenters. The van der Waals surface area contributed by atoms with Gasteiger partial charge in [-0.25, -0.2) is 4.79 Å². The molecule has 1 aromatic heterocycles. The number of amides is 1. The third-order valence-corrected chi connectivity index (χ3v) is 3.17. The predicted molar refractivity (Wildman–Crippen MR) is 74.4 cm³/mol. The van der Waals surface area contributed by atoms with Crippen molar-refractivity contribution in [2.24, 2.45) is 13.0 Å². The molecule has 1 unspecified atom stereocenters. The van der Waals surface area contributed by atoms with Gasteiger partial charge in [-0.1, -0.05) is 13.8 Å². The average Bonchev–Trinajstić information content (AvgIpc) is 2.39. The van der Waals surface area contributed by atoms with E-state index < -0.39 is 11.2 Å². The van der Waals surface area contributed by atoms with Crippen LogP contribution >= 0.6 is 0 Å². The molecule has 0 bridgehead atoms. The molecule has 0 saturated heterocycles. The Labute approximate surface area is 116 Å². The van der Waals surface area contributed by atoms with Crippen LogP contribution in [0.1, 0.15) is 20.3 Å². The molecule has 1 amide bonds. The summed E-state index contributed by atoms with van der Waals surface area (Å²) in [5.41, 5.74) is -0.942. The normalized spacial score (nSPS) is 12.4. The van der Waals surface area contributed by atoms with Gasteiger partial charge in [0.05, 0.1) is 0 Å². The minimum atomic E-state index is -0.532. The lowest BCUT2D eigenvalue weighted by atomic mass is 10.0. The third kappa shape index (κ3) is 4.06. The highest BCUT2D eigenvalue weighted by molar-refractivity contribution is 5.76. The van der Waals surface area contributed by atoms with Crippen LogP contribution in [-0.2, 0) is 18.4 Å². The fourth-order valence-corrected chi connectivity index (χ4v) is 1.85. The lowest BCUT2D eigenvalue weighted by molar-refractivity contribution is -0.122. The lowest BCUT2D eigenvalue weighted by Gasteiger charge is -2.21. The van der Waals surface area contributed by atoms with Gasteiger partial charge in [0, 0.05) is 32.0 Å². The summed E-state index contributed by atoms with van der Waals surface area (Å²) in [5.74, 6) is -0.138. The van der Waals surface area contributed by atoms with Gasteiger partial charge in [0.1, 0.15) is 6.54 Å². The van der Waals surface area contributed by atoms with Gasteiger partial charge in [-0.05, 0) is 12.3 Å². The van der Waals surface area contributed by atoms with Crippen LogP contribution < -0.4 is 16.6 Å². The van der Waals surface area contributed by atoms with E-state index in [9.17, 15) is 14.4 Å². The molecule has 0 aliphatic carbocycles. The number of aliphatic hydroxyl groups excluding tert-OH is 1. The third-order valence-electron chi connectivity index (χ3n) is 3.17. The fraction of sp³-hybridized carbons (Fsp3) is 0.615. The van der Waals surface area contributed by atoms with Gasteiger partial charge in [-0.15, -0.1) is 0 Å². The standard InChI is InChI=1S/C13H21N3O4/c1-9(2)10(5-7-17)14-11(18)8-16-6-4-12(19)15(3)13(16)20/h4,6,9-10,17H,5,7-8H2,1-3H3,(H,14,18). The molecule has 1 heterocycles. The van der Waals surface area contributed by atoms with Gasteiger partial charge in [0.25, 0.3) is 5.56 Å². The minimum Gasteiger partial charge on any atom is -0.396 e. The van der Waals surface area contributed by atoms with Crippen LogP contribution in [0.3, 0.4) is 0 Å². The van der Waals surface area contributed by atoms with Crippen molar-refractivity contribution in [2.75, 3.05) is 6.61 Å². The highest BCUT2D eigenvalue weighted by Crippen LogP contribution is 2.05. The van der Waals surface area contributed by atoms with Gasteiger partial charge in [0.2, 0.25) is 5.91 Å². The quantitative estimate of drug-likeness (QED) is 0.705. The summed E-state index contributed by atoms with van der Waals surface area (Å²) < 4.78 is 2.12. The monoisotopic (exact) mass is 283 g/mol. The molecule has 2 N–H and O–H groups in total. The van der Waals surface area contributed by atoms with Crippen molar-refractivity contribution in [3.63, 3.8) is 0 Å². The Morgan fingerprint density at radius 1 is 1.40 bits per heavy atom. The first-order chi connectivity index (χ1) is 9.36. The van der Waals surface area contributed by atoms with Crippen molar-refractivity contribution in [2.45, 2.75) is 32.9 Å².